The third-order valence-electron chi connectivity index (χ3n) is 2.00. The molecule has 0 spiro atoms. The number of rotatable bonds is 7. The van der Waals surface area contributed by atoms with Gasteiger partial charge in [-0.2, -0.15) is 0 Å². The van der Waals surface area contributed by atoms with Crippen molar-refractivity contribution in [3.63, 3.8) is 0 Å². The molecule has 0 saturated heterocycles. The molecule has 0 rings (SSSR count). The lowest BCUT2D eigenvalue weighted by Crippen LogP contribution is -2.24. The van der Waals surface area contributed by atoms with E-state index in [9.17, 15) is 14.4 Å². The minimum Gasteiger partial charge on any atom is -0.466 e. The molecule has 92 valence electrons. The first kappa shape index (κ1) is 14.6. The quantitative estimate of drug-likeness (QED) is 0.484. The predicted molar refractivity (Wildman–Crippen MR) is 56.7 cm³/mol. The predicted octanol–water partition coefficient (Wildman–Crippen LogP) is 1.10. The fraction of sp³-hybridized carbons (Fsp3) is 0.727. The summed E-state index contributed by atoms with van der Waals surface area (Å²) >= 11 is 0. The van der Waals surface area contributed by atoms with E-state index in [4.69, 9.17) is 4.74 Å². The topological polar surface area (TPSA) is 69.7 Å². The molecule has 0 saturated carbocycles. The Bertz CT molecular complexity index is 259. The van der Waals surface area contributed by atoms with Gasteiger partial charge in [-0.15, -0.1) is 0 Å². The summed E-state index contributed by atoms with van der Waals surface area (Å²) in [6.45, 7) is 5.38. The summed E-state index contributed by atoms with van der Waals surface area (Å²) in [5, 5.41) is 0. The van der Waals surface area contributed by atoms with E-state index in [2.05, 4.69) is 4.74 Å². The fourth-order valence-electron chi connectivity index (χ4n) is 1.07. The fourth-order valence-corrected chi connectivity index (χ4v) is 1.07. The van der Waals surface area contributed by atoms with E-state index in [0.717, 1.165) is 0 Å². The summed E-state index contributed by atoms with van der Waals surface area (Å²) in [7, 11) is 0. The smallest absolute Gasteiger partial charge is 0.316 e. The van der Waals surface area contributed by atoms with Crippen molar-refractivity contribution in [3.05, 3.63) is 0 Å². The molecule has 0 fully saturated rings. The van der Waals surface area contributed by atoms with Crippen LogP contribution in [0, 0.1) is 5.92 Å². The van der Waals surface area contributed by atoms with Gasteiger partial charge in [0.2, 0.25) is 0 Å². The van der Waals surface area contributed by atoms with Crippen molar-refractivity contribution in [2.24, 2.45) is 5.92 Å². The van der Waals surface area contributed by atoms with Crippen LogP contribution in [0.25, 0.3) is 0 Å². The van der Waals surface area contributed by atoms with Gasteiger partial charge in [-0.1, -0.05) is 0 Å². The Morgan fingerprint density at radius 2 is 1.56 bits per heavy atom. The second-order valence-electron chi connectivity index (χ2n) is 3.25. The largest absolute Gasteiger partial charge is 0.466 e. The van der Waals surface area contributed by atoms with Crippen LogP contribution in [0.1, 0.15) is 33.6 Å². The van der Waals surface area contributed by atoms with Crippen molar-refractivity contribution in [3.8, 4) is 0 Å². The zero-order valence-corrected chi connectivity index (χ0v) is 9.95. The molecular formula is C11H18O5. The first-order valence-corrected chi connectivity index (χ1v) is 5.37. The lowest BCUT2D eigenvalue weighted by atomic mass is 10.0. The zero-order valence-electron chi connectivity index (χ0n) is 9.95. The Morgan fingerprint density at radius 1 is 1.00 bits per heavy atom. The lowest BCUT2D eigenvalue weighted by Gasteiger charge is -2.08. The van der Waals surface area contributed by atoms with Gasteiger partial charge in [0.25, 0.3) is 0 Å². The summed E-state index contributed by atoms with van der Waals surface area (Å²) in [5.41, 5.74) is 0. The Kier molecular flexibility index (Phi) is 7.16. The zero-order chi connectivity index (χ0) is 12.6. The van der Waals surface area contributed by atoms with Crippen molar-refractivity contribution in [1.29, 1.82) is 0 Å². The van der Waals surface area contributed by atoms with Gasteiger partial charge >= 0.3 is 11.9 Å². The highest BCUT2D eigenvalue weighted by Gasteiger charge is 2.22. The standard InChI is InChI=1S/C11H18O5/c1-4-15-10(13)7-6-9(12)8(3)11(14)16-5-2/h8H,4-7H2,1-3H3. The molecule has 0 amide bonds. The van der Waals surface area contributed by atoms with Crippen LogP contribution in [-0.4, -0.2) is 30.9 Å². The molecule has 5 heteroatoms. The molecule has 0 aromatic heterocycles. The number of hydrogen-bond donors (Lipinski definition) is 0. The molecule has 0 aliphatic carbocycles. The van der Waals surface area contributed by atoms with Gasteiger partial charge in [0, 0.05) is 6.42 Å². The van der Waals surface area contributed by atoms with Crippen molar-refractivity contribution >= 4 is 17.7 Å². The Labute approximate surface area is 95.1 Å². The molecular weight excluding hydrogens is 212 g/mol. The van der Waals surface area contributed by atoms with Crippen molar-refractivity contribution in [1.82, 2.24) is 0 Å². The average molecular weight is 230 g/mol. The number of hydrogen-bond acceptors (Lipinski definition) is 5. The highest BCUT2D eigenvalue weighted by molar-refractivity contribution is 5.99. The van der Waals surface area contributed by atoms with Crippen LogP contribution in [0.3, 0.4) is 0 Å². The number of Topliss-reactive ketones (excluding diaryl/α,β-unsaturated/α-hetero) is 1. The third-order valence-corrected chi connectivity index (χ3v) is 2.00. The molecule has 0 aliphatic heterocycles. The van der Waals surface area contributed by atoms with E-state index in [1.165, 1.54) is 6.92 Å². The maximum absolute atomic E-state index is 11.5. The summed E-state index contributed by atoms with van der Waals surface area (Å²) in [6.07, 6.45) is 0.0230. The van der Waals surface area contributed by atoms with E-state index in [-0.39, 0.29) is 25.2 Å². The van der Waals surface area contributed by atoms with Crippen LogP contribution in [-0.2, 0) is 23.9 Å². The molecule has 0 aliphatic rings. The molecule has 0 aromatic carbocycles. The maximum Gasteiger partial charge on any atom is 0.316 e. The molecule has 0 N–H and O–H groups in total. The summed E-state index contributed by atoms with van der Waals surface area (Å²) in [6, 6.07) is 0. The Balaban J connectivity index is 3.96. The molecule has 0 bridgehead atoms. The SMILES string of the molecule is CCOC(=O)CCC(=O)C(C)C(=O)OCC. The van der Waals surface area contributed by atoms with Crippen LogP contribution < -0.4 is 0 Å². The highest BCUT2D eigenvalue weighted by Crippen LogP contribution is 2.06. The van der Waals surface area contributed by atoms with Gasteiger partial charge in [0.05, 0.1) is 19.6 Å². The molecule has 1 unspecified atom stereocenters. The summed E-state index contributed by atoms with van der Waals surface area (Å²) in [5.74, 6) is -2.08. The lowest BCUT2D eigenvalue weighted by molar-refractivity contribution is -0.152. The molecule has 0 heterocycles. The number of esters is 2. The van der Waals surface area contributed by atoms with Crippen molar-refractivity contribution in [2.75, 3.05) is 13.2 Å². The molecule has 16 heavy (non-hydrogen) atoms. The van der Waals surface area contributed by atoms with Gasteiger partial charge in [-0.3, -0.25) is 14.4 Å². The van der Waals surface area contributed by atoms with E-state index in [1.54, 1.807) is 13.8 Å². The minimum absolute atomic E-state index is 0.0103. The third kappa shape index (κ3) is 5.48. The first-order chi connectivity index (χ1) is 7.52. The summed E-state index contributed by atoms with van der Waals surface area (Å²) < 4.78 is 9.38. The monoisotopic (exact) mass is 230 g/mol. The van der Waals surface area contributed by atoms with Crippen molar-refractivity contribution in [2.45, 2.75) is 33.6 Å². The van der Waals surface area contributed by atoms with Gasteiger partial charge in [-0.05, 0) is 20.8 Å². The maximum atomic E-state index is 11.5. The van der Waals surface area contributed by atoms with Crippen LogP contribution >= 0.6 is 0 Å². The molecule has 1 atom stereocenters. The van der Waals surface area contributed by atoms with E-state index in [1.807, 2.05) is 0 Å². The highest BCUT2D eigenvalue weighted by atomic mass is 16.5. The van der Waals surface area contributed by atoms with Crippen molar-refractivity contribution < 1.29 is 23.9 Å². The van der Waals surface area contributed by atoms with E-state index >= 15 is 0 Å². The van der Waals surface area contributed by atoms with Crippen LogP contribution in [0.4, 0.5) is 0 Å². The van der Waals surface area contributed by atoms with E-state index < -0.39 is 17.9 Å². The first-order valence-electron chi connectivity index (χ1n) is 5.37. The summed E-state index contributed by atoms with van der Waals surface area (Å²) in [4.78, 5) is 33.6. The normalized spacial score (nSPS) is 11.7. The second kappa shape index (κ2) is 7.84. The number of carbonyl (C=O) groups is 3. The van der Waals surface area contributed by atoms with Gasteiger partial charge in [0.1, 0.15) is 11.7 Å². The van der Waals surface area contributed by atoms with Gasteiger partial charge in [0.15, 0.2) is 0 Å². The van der Waals surface area contributed by atoms with Gasteiger partial charge < -0.3 is 9.47 Å². The average Bonchev–Trinajstić information content (AvgIpc) is 2.25. The van der Waals surface area contributed by atoms with E-state index in [0.29, 0.717) is 6.61 Å². The van der Waals surface area contributed by atoms with Crippen LogP contribution in [0.2, 0.25) is 0 Å². The number of ketones is 1. The number of ether oxygens (including phenoxy) is 2. The number of carbonyl (C=O) groups excluding carboxylic acids is 3. The second-order valence-corrected chi connectivity index (χ2v) is 3.25. The van der Waals surface area contributed by atoms with Gasteiger partial charge in [-0.25, -0.2) is 0 Å². The molecule has 0 radical (unpaired) electrons. The molecule has 5 nitrogen and oxygen atoms in total. The Hall–Kier alpha value is -1.39. The minimum atomic E-state index is -0.811. The van der Waals surface area contributed by atoms with Crippen LogP contribution in [0.5, 0.6) is 0 Å². The Morgan fingerprint density at radius 3 is 2.06 bits per heavy atom. The van der Waals surface area contributed by atoms with Crippen LogP contribution in [0.15, 0.2) is 0 Å². The molecule has 0 aromatic rings.